The molecule has 1 atom stereocenters. The number of phenolic OH excluding ortho intramolecular Hbond substituents is 1. The zero-order chi connectivity index (χ0) is 13.3. The number of nitrogens with two attached hydrogens (primary N) is 1. The molecule has 0 aromatic heterocycles. The van der Waals surface area contributed by atoms with Crippen LogP contribution in [0.4, 0.5) is 5.69 Å². The van der Waals surface area contributed by atoms with E-state index in [-0.39, 0.29) is 5.75 Å². The summed E-state index contributed by atoms with van der Waals surface area (Å²) >= 11 is 0. The Morgan fingerprint density at radius 3 is 2.67 bits per heavy atom. The molecule has 3 heteroatoms. The highest BCUT2D eigenvalue weighted by Gasteiger charge is 2.31. The summed E-state index contributed by atoms with van der Waals surface area (Å²) in [4.78, 5) is 2.47. The molecule has 1 fully saturated rings. The highest BCUT2D eigenvalue weighted by Crippen LogP contribution is 2.34. The summed E-state index contributed by atoms with van der Waals surface area (Å²) in [6.45, 7) is 10.2. The van der Waals surface area contributed by atoms with Gasteiger partial charge >= 0.3 is 0 Å². The highest BCUT2D eigenvalue weighted by molar-refractivity contribution is 5.53. The van der Waals surface area contributed by atoms with E-state index in [2.05, 4.69) is 25.7 Å². The molecule has 1 heterocycles. The minimum Gasteiger partial charge on any atom is -0.506 e. The van der Waals surface area contributed by atoms with E-state index < -0.39 is 0 Å². The highest BCUT2D eigenvalue weighted by atomic mass is 16.3. The van der Waals surface area contributed by atoms with Crippen LogP contribution in [0.5, 0.6) is 5.75 Å². The maximum Gasteiger partial charge on any atom is 0.138 e. The fourth-order valence-electron chi connectivity index (χ4n) is 2.64. The number of hydrogen-bond donors (Lipinski definition) is 2. The number of rotatable bonds is 2. The Morgan fingerprint density at radius 2 is 2.11 bits per heavy atom. The largest absolute Gasteiger partial charge is 0.506 e. The second-order valence-electron chi connectivity index (χ2n) is 6.48. The van der Waals surface area contributed by atoms with Crippen LogP contribution in [0, 0.1) is 11.3 Å². The van der Waals surface area contributed by atoms with Crippen LogP contribution in [-0.2, 0) is 6.54 Å². The summed E-state index contributed by atoms with van der Waals surface area (Å²) in [6.07, 6.45) is 1.27. The van der Waals surface area contributed by atoms with Crippen LogP contribution in [0.1, 0.15) is 32.8 Å². The van der Waals surface area contributed by atoms with Gasteiger partial charge in [-0.2, -0.15) is 0 Å². The van der Waals surface area contributed by atoms with Crippen molar-refractivity contribution in [1.82, 2.24) is 4.90 Å². The SMILES string of the molecule is CC(C)(C)C1CCN(Cc2ccc(O)c(N)c2)C1. The Hall–Kier alpha value is -1.22. The standard InChI is InChI=1S/C15H24N2O/c1-15(2,3)12-6-7-17(10-12)9-11-4-5-14(18)13(16)8-11/h4-5,8,12,18H,6-7,9-10,16H2,1-3H3. The quantitative estimate of drug-likeness (QED) is 0.625. The minimum atomic E-state index is 0.174. The fraction of sp³-hybridized carbons (Fsp3) is 0.600. The monoisotopic (exact) mass is 248 g/mol. The number of phenols is 1. The molecule has 1 aliphatic rings. The van der Waals surface area contributed by atoms with Crippen LogP contribution in [0.3, 0.4) is 0 Å². The van der Waals surface area contributed by atoms with E-state index in [9.17, 15) is 5.11 Å². The van der Waals surface area contributed by atoms with E-state index in [0.29, 0.717) is 11.1 Å². The number of benzene rings is 1. The Morgan fingerprint density at radius 1 is 1.39 bits per heavy atom. The third kappa shape index (κ3) is 2.96. The summed E-state index contributed by atoms with van der Waals surface area (Å²) in [6, 6.07) is 5.51. The predicted octanol–water partition coefficient (Wildman–Crippen LogP) is 2.84. The summed E-state index contributed by atoms with van der Waals surface area (Å²) in [7, 11) is 0. The van der Waals surface area contributed by atoms with Gasteiger partial charge in [0, 0.05) is 13.1 Å². The van der Waals surface area contributed by atoms with Crippen molar-refractivity contribution in [2.24, 2.45) is 11.3 Å². The van der Waals surface area contributed by atoms with Crippen LogP contribution in [0.25, 0.3) is 0 Å². The van der Waals surface area contributed by atoms with Gasteiger partial charge in [-0.1, -0.05) is 26.8 Å². The molecule has 1 aromatic carbocycles. The van der Waals surface area contributed by atoms with Crippen molar-refractivity contribution in [3.05, 3.63) is 23.8 Å². The maximum absolute atomic E-state index is 9.41. The minimum absolute atomic E-state index is 0.174. The van der Waals surface area contributed by atoms with Gasteiger partial charge in [-0.3, -0.25) is 4.90 Å². The molecule has 1 aliphatic heterocycles. The molecule has 100 valence electrons. The second kappa shape index (κ2) is 4.81. The molecular weight excluding hydrogens is 224 g/mol. The Kier molecular flexibility index (Phi) is 3.53. The van der Waals surface area contributed by atoms with Crippen molar-refractivity contribution in [3.8, 4) is 5.75 Å². The van der Waals surface area contributed by atoms with Crippen LogP contribution >= 0.6 is 0 Å². The fourth-order valence-corrected chi connectivity index (χ4v) is 2.64. The molecule has 1 saturated heterocycles. The van der Waals surface area contributed by atoms with Crippen molar-refractivity contribution >= 4 is 5.69 Å². The number of aromatic hydroxyl groups is 1. The van der Waals surface area contributed by atoms with Crippen molar-refractivity contribution in [2.45, 2.75) is 33.7 Å². The zero-order valence-corrected chi connectivity index (χ0v) is 11.6. The Labute approximate surface area is 110 Å². The summed E-state index contributed by atoms with van der Waals surface area (Å²) in [5.41, 5.74) is 7.77. The van der Waals surface area contributed by atoms with Gasteiger partial charge in [0.15, 0.2) is 0 Å². The molecule has 0 spiro atoms. The molecule has 0 saturated carbocycles. The van der Waals surface area contributed by atoms with E-state index in [0.717, 1.165) is 25.6 Å². The molecule has 2 rings (SSSR count). The Balaban J connectivity index is 1.97. The first kappa shape index (κ1) is 13.2. The molecular formula is C15H24N2O. The van der Waals surface area contributed by atoms with Crippen molar-refractivity contribution < 1.29 is 5.11 Å². The van der Waals surface area contributed by atoms with Crippen LogP contribution in [-0.4, -0.2) is 23.1 Å². The van der Waals surface area contributed by atoms with Crippen LogP contribution < -0.4 is 5.73 Å². The average molecular weight is 248 g/mol. The van der Waals surface area contributed by atoms with Crippen molar-refractivity contribution in [3.63, 3.8) is 0 Å². The van der Waals surface area contributed by atoms with Gasteiger partial charge in [0.25, 0.3) is 0 Å². The normalized spacial score (nSPS) is 21.4. The summed E-state index contributed by atoms with van der Waals surface area (Å²) in [5, 5.41) is 9.41. The number of anilines is 1. The number of hydrogen-bond acceptors (Lipinski definition) is 3. The number of likely N-dealkylation sites (tertiary alicyclic amines) is 1. The van der Waals surface area contributed by atoms with Gasteiger partial charge in [0.05, 0.1) is 5.69 Å². The van der Waals surface area contributed by atoms with Gasteiger partial charge in [0.2, 0.25) is 0 Å². The van der Waals surface area contributed by atoms with Gasteiger partial charge in [-0.05, 0) is 42.0 Å². The zero-order valence-electron chi connectivity index (χ0n) is 11.6. The molecule has 3 nitrogen and oxygen atoms in total. The molecule has 1 unspecified atom stereocenters. The van der Waals surface area contributed by atoms with E-state index in [1.807, 2.05) is 12.1 Å². The number of nitrogen functional groups attached to an aromatic ring is 1. The van der Waals surface area contributed by atoms with E-state index in [1.54, 1.807) is 6.07 Å². The molecule has 0 aliphatic carbocycles. The lowest BCUT2D eigenvalue weighted by Crippen LogP contribution is -2.25. The van der Waals surface area contributed by atoms with Gasteiger partial charge in [-0.15, -0.1) is 0 Å². The first-order valence-corrected chi connectivity index (χ1v) is 6.66. The van der Waals surface area contributed by atoms with E-state index in [4.69, 9.17) is 5.73 Å². The van der Waals surface area contributed by atoms with Gasteiger partial charge < -0.3 is 10.8 Å². The third-order valence-corrected chi connectivity index (χ3v) is 4.00. The van der Waals surface area contributed by atoms with Crippen molar-refractivity contribution in [1.29, 1.82) is 0 Å². The summed E-state index contributed by atoms with van der Waals surface area (Å²) in [5.74, 6) is 0.944. The maximum atomic E-state index is 9.41. The van der Waals surface area contributed by atoms with E-state index in [1.165, 1.54) is 12.0 Å². The van der Waals surface area contributed by atoms with Gasteiger partial charge in [-0.25, -0.2) is 0 Å². The molecule has 1 aromatic rings. The third-order valence-electron chi connectivity index (χ3n) is 4.00. The smallest absolute Gasteiger partial charge is 0.138 e. The summed E-state index contributed by atoms with van der Waals surface area (Å²) < 4.78 is 0. The lowest BCUT2D eigenvalue weighted by atomic mass is 9.80. The van der Waals surface area contributed by atoms with Crippen LogP contribution in [0.15, 0.2) is 18.2 Å². The predicted molar refractivity (Wildman–Crippen MR) is 75.4 cm³/mol. The topological polar surface area (TPSA) is 49.5 Å². The molecule has 0 amide bonds. The average Bonchev–Trinajstić information content (AvgIpc) is 2.72. The van der Waals surface area contributed by atoms with E-state index >= 15 is 0 Å². The van der Waals surface area contributed by atoms with Gasteiger partial charge in [0.1, 0.15) is 5.75 Å². The number of nitrogens with zero attached hydrogens (tertiary/aromatic N) is 1. The molecule has 18 heavy (non-hydrogen) atoms. The first-order chi connectivity index (χ1) is 8.36. The molecule has 0 radical (unpaired) electrons. The second-order valence-corrected chi connectivity index (χ2v) is 6.48. The molecule has 0 bridgehead atoms. The molecule has 3 N–H and O–H groups in total. The van der Waals surface area contributed by atoms with Crippen molar-refractivity contribution in [2.75, 3.05) is 18.8 Å². The Bertz CT molecular complexity index is 423. The first-order valence-electron chi connectivity index (χ1n) is 6.66. The lowest BCUT2D eigenvalue weighted by Gasteiger charge is -2.27. The van der Waals surface area contributed by atoms with Crippen LogP contribution in [0.2, 0.25) is 0 Å². The lowest BCUT2D eigenvalue weighted by molar-refractivity contribution is 0.226.